The highest BCUT2D eigenvalue weighted by molar-refractivity contribution is 5.60. The molecule has 6 heteroatoms. The standard InChI is InChI=1S/C13H24N4O2/c1-6-10(7-2)8-14-13-12(17(18)19)11(9(3)4)15-16(13)5/h9-10,14H,6-8H2,1-5H3. The van der Waals surface area contributed by atoms with Crippen molar-refractivity contribution < 1.29 is 4.92 Å². The van der Waals surface area contributed by atoms with Crippen LogP contribution in [0.3, 0.4) is 0 Å². The van der Waals surface area contributed by atoms with E-state index in [-0.39, 0.29) is 16.5 Å². The van der Waals surface area contributed by atoms with Crippen molar-refractivity contribution in [2.24, 2.45) is 13.0 Å². The van der Waals surface area contributed by atoms with Gasteiger partial charge in [0.25, 0.3) is 0 Å². The number of aromatic nitrogens is 2. The quantitative estimate of drug-likeness (QED) is 0.608. The summed E-state index contributed by atoms with van der Waals surface area (Å²) in [5.74, 6) is 1.08. The summed E-state index contributed by atoms with van der Waals surface area (Å²) >= 11 is 0. The Hall–Kier alpha value is -1.59. The lowest BCUT2D eigenvalue weighted by Gasteiger charge is -2.13. The van der Waals surface area contributed by atoms with Gasteiger partial charge in [0, 0.05) is 19.5 Å². The maximum Gasteiger partial charge on any atom is 0.334 e. The summed E-state index contributed by atoms with van der Waals surface area (Å²) in [4.78, 5) is 10.9. The molecule has 1 aromatic rings. The summed E-state index contributed by atoms with van der Waals surface area (Å²) in [5.41, 5.74) is 0.656. The van der Waals surface area contributed by atoms with Crippen molar-refractivity contribution >= 4 is 11.5 Å². The second-order valence-corrected chi connectivity index (χ2v) is 5.18. The monoisotopic (exact) mass is 268 g/mol. The summed E-state index contributed by atoms with van der Waals surface area (Å²) in [6.45, 7) is 8.84. The molecule has 6 nitrogen and oxygen atoms in total. The van der Waals surface area contributed by atoms with Crippen LogP contribution in [0.4, 0.5) is 11.5 Å². The number of nitrogens with one attached hydrogen (secondary N) is 1. The highest BCUT2D eigenvalue weighted by Gasteiger charge is 2.28. The van der Waals surface area contributed by atoms with Crippen LogP contribution in [0, 0.1) is 16.0 Å². The molecule has 0 saturated heterocycles. The Morgan fingerprint density at radius 3 is 2.37 bits per heavy atom. The predicted molar refractivity (Wildman–Crippen MR) is 76.5 cm³/mol. The minimum atomic E-state index is -0.336. The topological polar surface area (TPSA) is 73.0 Å². The molecule has 1 heterocycles. The Labute approximate surface area is 114 Å². The second kappa shape index (κ2) is 6.54. The zero-order chi connectivity index (χ0) is 14.6. The molecule has 19 heavy (non-hydrogen) atoms. The molecule has 1 rings (SSSR count). The Kier molecular flexibility index (Phi) is 5.32. The molecule has 0 aliphatic carbocycles. The summed E-state index contributed by atoms with van der Waals surface area (Å²) in [5, 5.41) is 18.7. The van der Waals surface area contributed by atoms with E-state index in [4.69, 9.17) is 0 Å². The minimum absolute atomic E-state index is 0.0373. The van der Waals surface area contributed by atoms with Gasteiger partial charge in [-0.15, -0.1) is 0 Å². The molecule has 0 aromatic carbocycles. The molecular formula is C13H24N4O2. The number of nitro groups is 1. The zero-order valence-corrected chi connectivity index (χ0v) is 12.4. The number of nitrogens with zero attached hydrogens (tertiary/aromatic N) is 3. The molecule has 0 atom stereocenters. The van der Waals surface area contributed by atoms with Crippen molar-refractivity contribution in [3.05, 3.63) is 15.8 Å². The molecule has 0 radical (unpaired) electrons. The average Bonchev–Trinajstić information content (AvgIpc) is 2.68. The lowest BCUT2D eigenvalue weighted by atomic mass is 10.0. The SMILES string of the molecule is CCC(CC)CNc1c([N+](=O)[O-])c(C(C)C)nn1C. The van der Waals surface area contributed by atoms with Crippen molar-refractivity contribution in [1.29, 1.82) is 0 Å². The third-order valence-electron chi connectivity index (χ3n) is 3.49. The molecule has 0 aliphatic heterocycles. The van der Waals surface area contributed by atoms with Gasteiger partial charge < -0.3 is 5.32 Å². The van der Waals surface area contributed by atoms with Gasteiger partial charge >= 0.3 is 5.69 Å². The van der Waals surface area contributed by atoms with Crippen LogP contribution in [0.2, 0.25) is 0 Å². The molecule has 1 N–H and O–H groups in total. The van der Waals surface area contributed by atoms with Crippen LogP contribution in [-0.2, 0) is 7.05 Å². The van der Waals surface area contributed by atoms with Gasteiger partial charge in [0.15, 0.2) is 0 Å². The summed E-state index contributed by atoms with van der Waals surface area (Å²) in [6, 6.07) is 0. The fourth-order valence-corrected chi connectivity index (χ4v) is 2.12. The fourth-order valence-electron chi connectivity index (χ4n) is 2.12. The van der Waals surface area contributed by atoms with Crippen molar-refractivity contribution in [2.45, 2.75) is 46.5 Å². The van der Waals surface area contributed by atoms with Crippen LogP contribution in [0.1, 0.15) is 52.1 Å². The lowest BCUT2D eigenvalue weighted by molar-refractivity contribution is -0.384. The highest BCUT2D eigenvalue weighted by Crippen LogP contribution is 2.32. The first-order valence-corrected chi connectivity index (χ1v) is 6.87. The molecule has 0 saturated carbocycles. The Morgan fingerprint density at radius 2 is 1.95 bits per heavy atom. The van der Waals surface area contributed by atoms with Crippen LogP contribution in [0.15, 0.2) is 0 Å². The van der Waals surface area contributed by atoms with Crippen molar-refractivity contribution in [3.63, 3.8) is 0 Å². The highest BCUT2D eigenvalue weighted by atomic mass is 16.6. The van der Waals surface area contributed by atoms with Crippen LogP contribution < -0.4 is 5.32 Å². The van der Waals surface area contributed by atoms with Crippen LogP contribution in [0.25, 0.3) is 0 Å². The number of rotatable bonds is 7. The van der Waals surface area contributed by atoms with Gasteiger partial charge in [-0.3, -0.25) is 10.1 Å². The lowest BCUT2D eigenvalue weighted by Crippen LogP contribution is -2.15. The van der Waals surface area contributed by atoms with E-state index in [0.717, 1.165) is 19.4 Å². The molecule has 0 unspecified atom stereocenters. The van der Waals surface area contributed by atoms with Gasteiger partial charge in [-0.25, -0.2) is 4.68 Å². The Morgan fingerprint density at radius 1 is 1.37 bits per heavy atom. The number of hydrogen-bond acceptors (Lipinski definition) is 4. The molecule has 0 spiro atoms. The first-order valence-electron chi connectivity index (χ1n) is 6.87. The van der Waals surface area contributed by atoms with Gasteiger partial charge in [-0.2, -0.15) is 5.10 Å². The van der Waals surface area contributed by atoms with Crippen molar-refractivity contribution in [1.82, 2.24) is 9.78 Å². The second-order valence-electron chi connectivity index (χ2n) is 5.18. The first-order chi connectivity index (χ1) is 8.92. The van der Waals surface area contributed by atoms with Gasteiger partial charge in [0.2, 0.25) is 5.82 Å². The molecular weight excluding hydrogens is 244 g/mol. The van der Waals surface area contributed by atoms with Gasteiger partial charge in [-0.1, -0.05) is 40.5 Å². The normalized spacial score (nSPS) is 11.3. The van der Waals surface area contributed by atoms with Crippen LogP contribution >= 0.6 is 0 Å². The van der Waals surface area contributed by atoms with Gasteiger partial charge in [0.05, 0.1) is 4.92 Å². The van der Waals surface area contributed by atoms with E-state index in [1.165, 1.54) is 0 Å². The van der Waals surface area contributed by atoms with Crippen molar-refractivity contribution in [3.8, 4) is 0 Å². The molecule has 0 aliphatic rings. The molecule has 1 aromatic heterocycles. The molecule has 108 valence electrons. The Bertz CT molecular complexity index is 436. The summed E-state index contributed by atoms with van der Waals surface area (Å²) in [7, 11) is 1.74. The van der Waals surface area contributed by atoms with Gasteiger partial charge in [-0.05, 0) is 5.92 Å². The molecule has 0 bridgehead atoms. The van der Waals surface area contributed by atoms with Crippen molar-refractivity contribution in [2.75, 3.05) is 11.9 Å². The number of hydrogen-bond donors (Lipinski definition) is 1. The van der Waals surface area contributed by atoms with E-state index in [1.807, 2.05) is 13.8 Å². The molecule has 0 amide bonds. The van der Waals surface area contributed by atoms with E-state index < -0.39 is 0 Å². The van der Waals surface area contributed by atoms with Crippen LogP contribution in [-0.4, -0.2) is 21.2 Å². The maximum atomic E-state index is 11.3. The smallest absolute Gasteiger partial charge is 0.334 e. The minimum Gasteiger partial charge on any atom is -0.364 e. The number of anilines is 1. The van der Waals surface area contributed by atoms with Crippen LogP contribution in [0.5, 0.6) is 0 Å². The fraction of sp³-hybridized carbons (Fsp3) is 0.769. The van der Waals surface area contributed by atoms with Gasteiger partial charge in [0.1, 0.15) is 5.69 Å². The maximum absolute atomic E-state index is 11.3. The van der Waals surface area contributed by atoms with E-state index in [2.05, 4.69) is 24.3 Å². The summed E-state index contributed by atoms with van der Waals surface area (Å²) in [6.07, 6.45) is 2.12. The third kappa shape index (κ3) is 3.45. The average molecular weight is 268 g/mol. The van der Waals surface area contributed by atoms with E-state index in [1.54, 1.807) is 11.7 Å². The number of aryl methyl sites for hydroxylation is 1. The first kappa shape index (κ1) is 15.5. The van der Waals surface area contributed by atoms with E-state index in [0.29, 0.717) is 17.4 Å². The predicted octanol–water partition coefficient (Wildman–Crippen LogP) is 3.30. The largest absolute Gasteiger partial charge is 0.364 e. The Balaban J connectivity index is 3.02. The molecule has 0 fully saturated rings. The van der Waals surface area contributed by atoms with E-state index in [9.17, 15) is 10.1 Å². The third-order valence-corrected chi connectivity index (χ3v) is 3.49. The zero-order valence-electron chi connectivity index (χ0n) is 12.4. The summed E-state index contributed by atoms with van der Waals surface area (Å²) < 4.78 is 1.58. The van der Waals surface area contributed by atoms with E-state index >= 15 is 0 Å².